The van der Waals surface area contributed by atoms with Gasteiger partial charge >= 0.3 is 0 Å². The first-order chi connectivity index (χ1) is 16.5. The Balaban J connectivity index is 1.87. The smallest absolute Gasteiger partial charge is 0.243 e. The van der Waals surface area contributed by atoms with Gasteiger partial charge in [0.1, 0.15) is 4.90 Å². The van der Waals surface area contributed by atoms with Gasteiger partial charge in [-0.05, 0) is 80.7 Å². The summed E-state index contributed by atoms with van der Waals surface area (Å²) in [5.41, 5.74) is 2.09. The molecule has 0 bridgehead atoms. The van der Waals surface area contributed by atoms with Gasteiger partial charge in [0.05, 0.1) is 4.90 Å². The molecule has 1 aliphatic heterocycles. The average molecular weight is 536 g/mol. The molecule has 0 radical (unpaired) electrons. The van der Waals surface area contributed by atoms with Crippen LogP contribution in [0.4, 0.5) is 0 Å². The summed E-state index contributed by atoms with van der Waals surface area (Å²) in [7, 11) is -7.57. The summed E-state index contributed by atoms with van der Waals surface area (Å²) in [5.74, 6) is 0.479. The summed E-state index contributed by atoms with van der Waals surface area (Å²) in [6.07, 6.45) is 6.70. The molecule has 7 nitrogen and oxygen atoms in total. The second-order valence-corrected chi connectivity index (χ2v) is 15.6. The summed E-state index contributed by atoms with van der Waals surface area (Å²) in [4.78, 5) is 0.449. The fraction of sp³-hybridized carbons (Fsp3) is 0.630. The number of benzene rings is 1. The molecule has 36 heavy (non-hydrogen) atoms. The summed E-state index contributed by atoms with van der Waals surface area (Å²) >= 11 is 0. The normalized spacial score (nSPS) is 19.9. The van der Waals surface area contributed by atoms with E-state index in [0.717, 1.165) is 42.6 Å². The number of hydrogen-bond acceptors (Lipinski definition) is 4. The summed E-state index contributed by atoms with van der Waals surface area (Å²) in [5, 5.41) is 5.59. The fourth-order valence-corrected chi connectivity index (χ4v) is 8.72. The summed E-state index contributed by atoms with van der Waals surface area (Å²) < 4.78 is 55.9. The van der Waals surface area contributed by atoms with Gasteiger partial charge in [0.25, 0.3) is 0 Å². The van der Waals surface area contributed by atoms with E-state index >= 15 is 0 Å². The first-order valence-electron chi connectivity index (χ1n) is 12.9. The van der Waals surface area contributed by atoms with Gasteiger partial charge in [-0.3, -0.25) is 0 Å². The molecule has 0 atom stereocenters. The average Bonchev–Trinajstić information content (AvgIpc) is 3.09. The zero-order chi connectivity index (χ0) is 26.7. The van der Waals surface area contributed by atoms with Crippen molar-refractivity contribution in [3.05, 3.63) is 35.5 Å². The van der Waals surface area contributed by atoms with Crippen LogP contribution in [0.2, 0.25) is 0 Å². The van der Waals surface area contributed by atoms with Crippen LogP contribution in [0.3, 0.4) is 0 Å². The third-order valence-electron chi connectivity index (χ3n) is 8.05. The highest BCUT2D eigenvalue weighted by Crippen LogP contribution is 2.41. The first kappa shape index (κ1) is 27.4. The second kappa shape index (κ2) is 9.26. The molecule has 1 aromatic heterocycles. The van der Waals surface area contributed by atoms with Crippen LogP contribution in [-0.4, -0.2) is 37.8 Å². The van der Waals surface area contributed by atoms with Crippen molar-refractivity contribution in [2.45, 2.75) is 107 Å². The fourth-order valence-electron chi connectivity index (χ4n) is 5.73. The molecule has 4 rings (SSSR count). The van der Waals surface area contributed by atoms with E-state index in [-0.39, 0.29) is 4.90 Å². The van der Waals surface area contributed by atoms with Crippen molar-refractivity contribution in [2.75, 3.05) is 6.54 Å². The van der Waals surface area contributed by atoms with Crippen LogP contribution >= 0.6 is 0 Å². The molecule has 1 saturated heterocycles. The van der Waals surface area contributed by atoms with Crippen LogP contribution in [-0.2, 0) is 32.0 Å². The molecule has 2 N–H and O–H groups in total. The minimum Gasteiger partial charge on any atom is -0.343 e. The largest absolute Gasteiger partial charge is 0.343 e. The highest BCUT2D eigenvalue weighted by atomic mass is 32.2. The molecule has 1 saturated carbocycles. The lowest BCUT2D eigenvalue weighted by atomic mass is 9.85. The van der Waals surface area contributed by atoms with Crippen molar-refractivity contribution in [3.63, 3.8) is 0 Å². The maximum Gasteiger partial charge on any atom is 0.243 e. The molecular weight excluding hydrogens is 494 g/mol. The molecule has 0 amide bonds. The number of aromatic nitrogens is 1. The lowest BCUT2D eigenvalue weighted by molar-refractivity contribution is 0.110. The van der Waals surface area contributed by atoms with Gasteiger partial charge in [0.2, 0.25) is 20.0 Å². The van der Waals surface area contributed by atoms with E-state index < -0.39 is 31.0 Å². The monoisotopic (exact) mass is 535 g/mol. The third-order valence-corrected chi connectivity index (χ3v) is 11.2. The van der Waals surface area contributed by atoms with Gasteiger partial charge in [-0.25, -0.2) is 22.0 Å². The first-order valence-corrected chi connectivity index (χ1v) is 15.9. The number of hydrogen-bond donors (Lipinski definition) is 1. The standard InChI is InChI=1S/C27H41N3O4S2/c1-19-25(35(28,31)32)17-23(29(19)18-20-10-8-7-9-11-20)21-12-13-24(22(16-21)26(2,3)4)36(33,34)30-15-14-27(30,5)6/h12-13,16-17,20H,7-11,14-15,18H2,1-6H3,(H2,28,31,32). The molecule has 2 aromatic rings. The molecule has 0 unspecified atom stereocenters. The molecule has 1 aliphatic carbocycles. The number of sulfonamides is 2. The molecule has 0 spiro atoms. The number of nitrogens with two attached hydrogens (primary N) is 1. The van der Waals surface area contributed by atoms with Crippen LogP contribution in [0.5, 0.6) is 0 Å². The lowest BCUT2D eigenvalue weighted by Crippen LogP contribution is -2.58. The Kier molecular flexibility index (Phi) is 7.03. The minimum absolute atomic E-state index is 0.129. The van der Waals surface area contributed by atoms with Gasteiger partial charge in [-0.1, -0.05) is 46.1 Å². The Labute approximate surface area is 217 Å². The van der Waals surface area contributed by atoms with Crippen LogP contribution in [0.1, 0.15) is 84.4 Å². The Morgan fingerprint density at radius 3 is 2.14 bits per heavy atom. The van der Waals surface area contributed by atoms with Crippen LogP contribution < -0.4 is 5.14 Å². The van der Waals surface area contributed by atoms with E-state index in [0.29, 0.717) is 23.1 Å². The van der Waals surface area contributed by atoms with Crippen molar-refractivity contribution in [1.82, 2.24) is 8.87 Å². The predicted octanol–water partition coefficient (Wildman–Crippen LogP) is 5.16. The summed E-state index contributed by atoms with van der Waals surface area (Å²) in [6, 6.07) is 7.10. The third kappa shape index (κ3) is 5.04. The zero-order valence-corrected chi connectivity index (χ0v) is 24.1. The molecule has 1 aromatic carbocycles. The van der Waals surface area contributed by atoms with Crippen LogP contribution in [0.15, 0.2) is 34.1 Å². The van der Waals surface area contributed by atoms with E-state index in [1.807, 2.05) is 53.7 Å². The predicted molar refractivity (Wildman–Crippen MR) is 144 cm³/mol. The Morgan fingerprint density at radius 1 is 1.00 bits per heavy atom. The van der Waals surface area contributed by atoms with Gasteiger partial charge < -0.3 is 4.57 Å². The van der Waals surface area contributed by atoms with E-state index in [1.165, 1.54) is 19.3 Å². The Hall–Kier alpha value is -1.68. The molecular formula is C27H41N3O4S2. The van der Waals surface area contributed by atoms with Gasteiger partial charge in [-0.15, -0.1) is 0 Å². The van der Waals surface area contributed by atoms with Crippen molar-refractivity contribution in [3.8, 4) is 11.3 Å². The van der Waals surface area contributed by atoms with Crippen molar-refractivity contribution >= 4 is 20.0 Å². The van der Waals surface area contributed by atoms with Gasteiger partial charge in [-0.2, -0.15) is 4.31 Å². The number of nitrogens with zero attached hydrogens (tertiary/aromatic N) is 2. The number of primary sulfonamides is 1. The van der Waals surface area contributed by atoms with Crippen LogP contribution in [0.25, 0.3) is 11.3 Å². The Bertz CT molecular complexity index is 1360. The van der Waals surface area contributed by atoms with E-state index in [4.69, 9.17) is 5.14 Å². The second-order valence-electron chi connectivity index (χ2n) is 12.2. The Morgan fingerprint density at radius 2 is 1.64 bits per heavy atom. The maximum atomic E-state index is 13.7. The molecule has 2 aliphatic rings. The molecule has 2 fully saturated rings. The minimum atomic E-state index is -3.90. The van der Waals surface area contributed by atoms with E-state index in [1.54, 1.807) is 16.4 Å². The van der Waals surface area contributed by atoms with Gasteiger partial charge in [0, 0.05) is 30.0 Å². The van der Waals surface area contributed by atoms with E-state index in [2.05, 4.69) is 4.57 Å². The lowest BCUT2D eigenvalue weighted by Gasteiger charge is -2.47. The SMILES string of the molecule is Cc1c(S(N)(=O)=O)cc(-c2ccc(S(=O)(=O)N3CCC3(C)C)c(C(C)(C)C)c2)n1CC1CCCCC1. The van der Waals surface area contributed by atoms with Crippen molar-refractivity contribution in [1.29, 1.82) is 0 Å². The molecule has 9 heteroatoms. The van der Waals surface area contributed by atoms with E-state index in [9.17, 15) is 16.8 Å². The molecule has 2 heterocycles. The van der Waals surface area contributed by atoms with Crippen molar-refractivity contribution < 1.29 is 16.8 Å². The highest BCUT2D eigenvalue weighted by molar-refractivity contribution is 7.89. The molecule has 200 valence electrons. The number of rotatable bonds is 6. The maximum absolute atomic E-state index is 13.7. The van der Waals surface area contributed by atoms with Gasteiger partial charge in [0.15, 0.2) is 0 Å². The quantitative estimate of drug-likeness (QED) is 0.552. The van der Waals surface area contributed by atoms with Crippen molar-refractivity contribution in [2.24, 2.45) is 11.1 Å². The topological polar surface area (TPSA) is 102 Å². The highest BCUT2D eigenvalue weighted by Gasteiger charge is 2.45. The summed E-state index contributed by atoms with van der Waals surface area (Å²) in [6.45, 7) is 13.0. The van der Waals surface area contributed by atoms with Crippen LogP contribution in [0, 0.1) is 12.8 Å². The zero-order valence-electron chi connectivity index (χ0n) is 22.5.